The van der Waals surface area contributed by atoms with E-state index in [2.05, 4.69) is 63.8 Å². The molecule has 180 valence electrons. The number of nitrogens with zero attached hydrogens (tertiary/aromatic N) is 4. The highest BCUT2D eigenvalue weighted by molar-refractivity contribution is 5.81. The molecule has 0 aliphatic heterocycles. The van der Waals surface area contributed by atoms with Crippen LogP contribution in [-0.4, -0.2) is 24.9 Å². The van der Waals surface area contributed by atoms with Crippen LogP contribution in [0.2, 0.25) is 0 Å². The normalized spacial score (nSPS) is 11.2. The summed E-state index contributed by atoms with van der Waals surface area (Å²) in [5.74, 6) is 0.832. The van der Waals surface area contributed by atoms with E-state index in [1.165, 1.54) is 16.7 Å². The van der Waals surface area contributed by atoms with Crippen molar-refractivity contribution in [2.45, 2.75) is 20.0 Å². The molecule has 6 heteroatoms. The number of fused-ring (bicyclic) bond motifs is 1. The summed E-state index contributed by atoms with van der Waals surface area (Å²) in [6, 6.07) is 32.8. The van der Waals surface area contributed by atoms with Crippen LogP contribution in [0.1, 0.15) is 17.1 Å². The van der Waals surface area contributed by atoms with Crippen molar-refractivity contribution >= 4 is 11.0 Å². The van der Waals surface area contributed by atoms with Gasteiger partial charge in [0.2, 0.25) is 0 Å². The van der Waals surface area contributed by atoms with E-state index in [0.717, 1.165) is 51.9 Å². The van der Waals surface area contributed by atoms with Crippen molar-refractivity contribution in [3.05, 3.63) is 120 Å². The van der Waals surface area contributed by atoms with Crippen molar-refractivity contribution in [3.63, 3.8) is 0 Å². The van der Waals surface area contributed by atoms with Crippen LogP contribution < -0.4 is 5.32 Å². The van der Waals surface area contributed by atoms with Gasteiger partial charge in [0.25, 0.3) is 0 Å². The van der Waals surface area contributed by atoms with Gasteiger partial charge >= 0.3 is 0 Å². The zero-order chi connectivity index (χ0) is 25.0. The van der Waals surface area contributed by atoms with Gasteiger partial charge in [-0.3, -0.25) is 9.97 Å². The molecule has 2 aromatic carbocycles. The number of benzene rings is 2. The van der Waals surface area contributed by atoms with Crippen LogP contribution >= 0.6 is 0 Å². The number of aryl methyl sites for hydroxylation is 1. The first-order valence-electron chi connectivity index (χ1n) is 12.3. The molecule has 0 bridgehead atoms. The lowest BCUT2D eigenvalue weighted by atomic mass is 10.00. The predicted octanol–water partition coefficient (Wildman–Crippen LogP) is 6.35. The second-order valence-electron chi connectivity index (χ2n) is 8.94. The Bertz CT molecular complexity index is 1670. The Morgan fingerprint density at radius 3 is 2.43 bits per heavy atom. The molecule has 0 fully saturated rings. The van der Waals surface area contributed by atoms with Crippen molar-refractivity contribution in [2.24, 2.45) is 0 Å². The Morgan fingerprint density at radius 1 is 0.676 bits per heavy atom. The van der Waals surface area contributed by atoms with E-state index in [1.807, 2.05) is 55.5 Å². The number of aromatic nitrogens is 5. The maximum atomic E-state index is 4.95. The minimum atomic E-state index is 0.580. The Balaban J connectivity index is 1.30. The Hall–Kier alpha value is -4.68. The molecule has 0 radical (unpaired) electrons. The number of rotatable bonds is 7. The Morgan fingerprint density at radius 2 is 1.54 bits per heavy atom. The van der Waals surface area contributed by atoms with E-state index in [-0.39, 0.29) is 0 Å². The molecule has 0 amide bonds. The molecule has 0 spiro atoms. The monoisotopic (exact) mass is 482 g/mol. The summed E-state index contributed by atoms with van der Waals surface area (Å²) in [6.07, 6.45) is 1.78. The summed E-state index contributed by atoms with van der Waals surface area (Å²) < 4.78 is 0. The van der Waals surface area contributed by atoms with Gasteiger partial charge in [0, 0.05) is 18.4 Å². The second-order valence-corrected chi connectivity index (χ2v) is 8.94. The number of imidazole rings is 1. The zero-order valence-electron chi connectivity index (χ0n) is 20.5. The van der Waals surface area contributed by atoms with Crippen LogP contribution in [0.5, 0.6) is 0 Å². The van der Waals surface area contributed by atoms with Crippen molar-refractivity contribution < 1.29 is 0 Å². The Labute approximate surface area is 215 Å². The third-order valence-electron chi connectivity index (χ3n) is 6.31. The third-order valence-corrected chi connectivity index (χ3v) is 6.31. The van der Waals surface area contributed by atoms with E-state index in [9.17, 15) is 0 Å². The zero-order valence-corrected chi connectivity index (χ0v) is 20.5. The van der Waals surface area contributed by atoms with Crippen molar-refractivity contribution in [1.29, 1.82) is 0 Å². The molecule has 0 aliphatic rings. The molecule has 6 aromatic rings. The van der Waals surface area contributed by atoms with Crippen molar-refractivity contribution in [3.8, 4) is 33.9 Å². The van der Waals surface area contributed by atoms with Crippen molar-refractivity contribution in [1.82, 2.24) is 30.2 Å². The average molecular weight is 483 g/mol. The molecule has 4 aromatic heterocycles. The highest BCUT2D eigenvalue weighted by Gasteiger charge is 2.17. The number of hydrogen-bond donors (Lipinski definition) is 2. The van der Waals surface area contributed by atoms with E-state index in [4.69, 9.17) is 15.0 Å². The number of hydrogen-bond acceptors (Lipinski definition) is 5. The van der Waals surface area contributed by atoms with E-state index < -0.39 is 0 Å². The molecule has 2 N–H and O–H groups in total. The molecule has 0 saturated carbocycles. The maximum absolute atomic E-state index is 4.95. The predicted molar refractivity (Wildman–Crippen MR) is 148 cm³/mol. The van der Waals surface area contributed by atoms with Crippen LogP contribution in [0.15, 0.2) is 103 Å². The lowest BCUT2D eigenvalue weighted by molar-refractivity contribution is 0.670. The van der Waals surface area contributed by atoms with Crippen molar-refractivity contribution in [2.75, 3.05) is 0 Å². The van der Waals surface area contributed by atoms with Gasteiger partial charge in [0.1, 0.15) is 11.5 Å². The first-order valence-corrected chi connectivity index (χ1v) is 12.3. The minimum absolute atomic E-state index is 0.580. The van der Waals surface area contributed by atoms with Gasteiger partial charge in [-0.05, 0) is 60.0 Å². The quantitative estimate of drug-likeness (QED) is 0.277. The fourth-order valence-corrected chi connectivity index (χ4v) is 4.54. The lowest BCUT2D eigenvalue weighted by Crippen LogP contribution is -2.14. The third kappa shape index (κ3) is 4.87. The first-order chi connectivity index (χ1) is 18.2. The summed E-state index contributed by atoms with van der Waals surface area (Å²) >= 11 is 0. The maximum Gasteiger partial charge on any atom is 0.121 e. The van der Waals surface area contributed by atoms with Gasteiger partial charge in [-0.1, -0.05) is 60.7 Å². The molecular weight excluding hydrogens is 456 g/mol. The minimum Gasteiger partial charge on any atom is -0.339 e. The number of pyridine rings is 3. The van der Waals surface area contributed by atoms with Gasteiger partial charge in [-0.15, -0.1) is 0 Å². The van der Waals surface area contributed by atoms with Crippen LogP contribution in [0.3, 0.4) is 0 Å². The summed E-state index contributed by atoms with van der Waals surface area (Å²) in [6.45, 7) is 3.29. The molecule has 4 heterocycles. The second kappa shape index (κ2) is 10.1. The van der Waals surface area contributed by atoms with Crippen LogP contribution in [0.25, 0.3) is 44.9 Å². The fourth-order valence-electron chi connectivity index (χ4n) is 4.54. The molecule has 37 heavy (non-hydrogen) atoms. The summed E-state index contributed by atoms with van der Waals surface area (Å²) in [5, 5.41) is 3.57. The summed E-state index contributed by atoms with van der Waals surface area (Å²) in [4.78, 5) is 22.5. The van der Waals surface area contributed by atoms with E-state index in [0.29, 0.717) is 6.54 Å². The summed E-state index contributed by atoms with van der Waals surface area (Å²) in [5.41, 5.74) is 9.61. The van der Waals surface area contributed by atoms with Gasteiger partial charge in [0.15, 0.2) is 0 Å². The Kier molecular flexibility index (Phi) is 6.23. The largest absolute Gasteiger partial charge is 0.339 e. The smallest absolute Gasteiger partial charge is 0.121 e. The topological polar surface area (TPSA) is 79.4 Å². The highest BCUT2D eigenvalue weighted by atomic mass is 15.0. The average Bonchev–Trinajstić information content (AvgIpc) is 3.38. The highest BCUT2D eigenvalue weighted by Crippen LogP contribution is 2.29. The standard InChI is InChI=1S/C31H26N6/c1-21-9-7-14-27(34-21)30-31(28-17-16-25-26(35-28)15-8-18-33-25)37-29(36-30)20-32-19-23-12-5-6-13-24(23)22-10-3-2-4-11-22/h2-18,32H,19-20H2,1H3,(H,36,37). The number of aromatic amines is 1. The number of H-pyrrole nitrogens is 1. The molecule has 0 saturated heterocycles. The van der Waals surface area contributed by atoms with Crippen LogP contribution in [0, 0.1) is 6.92 Å². The first kappa shape index (κ1) is 22.8. The number of nitrogens with one attached hydrogen (secondary N) is 2. The van der Waals surface area contributed by atoms with Gasteiger partial charge in [-0.25, -0.2) is 9.97 Å². The fraction of sp³-hybridized carbons (Fsp3) is 0.0968. The van der Waals surface area contributed by atoms with E-state index in [1.54, 1.807) is 6.20 Å². The molecule has 0 atom stereocenters. The molecule has 0 aliphatic carbocycles. The molecule has 6 nitrogen and oxygen atoms in total. The van der Waals surface area contributed by atoms with Crippen LogP contribution in [-0.2, 0) is 13.1 Å². The van der Waals surface area contributed by atoms with Gasteiger partial charge in [-0.2, -0.15) is 0 Å². The molecule has 0 unspecified atom stereocenters. The lowest BCUT2D eigenvalue weighted by Gasteiger charge is -2.10. The SMILES string of the molecule is Cc1cccc(-c2nc(CNCc3ccccc3-c3ccccc3)[nH]c2-c2ccc3ncccc3n2)n1. The van der Waals surface area contributed by atoms with E-state index >= 15 is 0 Å². The molecular formula is C31H26N6. The van der Waals surface area contributed by atoms with Gasteiger partial charge in [0.05, 0.1) is 34.7 Å². The summed E-state index contributed by atoms with van der Waals surface area (Å²) in [7, 11) is 0. The van der Waals surface area contributed by atoms with Crippen LogP contribution in [0.4, 0.5) is 0 Å². The van der Waals surface area contributed by atoms with Gasteiger partial charge < -0.3 is 10.3 Å². The molecule has 6 rings (SSSR count).